The van der Waals surface area contributed by atoms with Crippen molar-refractivity contribution in [1.82, 2.24) is 0 Å². The lowest BCUT2D eigenvalue weighted by Crippen LogP contribution is -1.93. The fraction of sp³-hybridized carbons (Fsp3) is 0.636. The average molecular weight is 182 g/mol. The molecule has 2 nitrogen and oxygen atoms in total. The van der Waals surface area contributed by atoms with Crippen LogP contribution in [0.1, 0.15) is 46.0 Å². The number of rotatable bonds is 6. The first kappa shape index (κ1) is 12.0. The van der Waals surface area contributed by atoms with E-state index in [4.69, 9.17) is 5.11 Å². The van der Waals surface area contributed by atoms with Crippen LogP contribution >= 0.6 is 0 Å². The lowest BCUT2D eigenvalue weighted by atomic mass is 10.1. The monoisotopic (exact) mass is 182 g/mol. The predicted molar refractivity (Wildman–Crippen MR) is 53.7 cm³/mol. The average Bonchev–Trinajstić information content (AvgIpc) is 2.10. The molecule has 0 amide bonds. The molecule has 0 aromatic rings. The first-order chi connectivity index (χ1) is 6.18. The number of hydrogen-bond acceptors (Lipinski definition) is 1. The fourth-order valence-electron chi connectivity index (χ4n) is 0.960. The molecule has 0 aromatic heterocycles. The molecule has 0 fully saturated rings. The molecular formula is C11H18O2. The molecule has 0 saturated heterocycles. The predicted octanol–water partition coefficient (Wildman–Crippen LogP) is 3.14. The normalized spacial score (nSPS) is 9.08. The van der Waals surface area contributed by atoms with Gasteiger partial charge in [-0.05, 0) is 25.8 Å². The molecule has 2 heteroatoms. The minimum Gasteiger partial charge on any atom is -0.477 e. The van der Waals surface area contributed by atoms with Gasteiger partial charge in [-0.3, -0.25) is 0 Å². The van der Waals surface area contributed by atoms with Gasteiger partial charge in [-0.2, -0.15) is 0 Å². The molecule has 13 heavy (non-hydrogen) atoms. The zero-order valence-corrected chi connectivity index (χ0v) is 8.47. The molecule has 0 radical (unpaired) electrons. The van der Waals surface area contributed by atoms with E-state index in [1.807, 2.05) is 6.08 Å². The highest BCUT2D eigenvalue weighted by molar-refractivity contribution is 5.85. The molecule has 0 aromatic carbocycles. The van der Waals surface area contributed by atoms with Gasteiger partial charge in [0.15, 0.2) is 0 Å². The van der Waals surface area contributed by atoms with Crippen LogP contribution < -0.4 is 0 Å². The number of carboxylic acid groups (broad SMARTS) is 1. The highest BCUT2D eigenvalue weighted by Crippen LogP contribution is 2.02. The van der Waals surface area contributed by atoms with Gasteiger partial charge in [-0.1, -0.05) is 26.2 Å². The van der Waals surface area contributed by atoms with Crippen LogP contribution in [0, 0.1) is 0 Å². The van der Waals surface area contributed by atoms with Crippen LogP contribution in [-0.4, -0.2) is 11.1 Å². The van der Waals surface area contributed by atoms with Crippen molar-refractivity contribution in [2.45, 2.75) is 46.0 Å². The Balaban J connectivity index is 3.62. The van der Waals surface area contributed by atoms with Crippen LogP contribution in [0.4, 0.5) is 0 Å². The number of hydrogen-bond donors (Lipinski definition) is 1. The molecule has 0 spiro atoms. The van der Waals surface area contributed by atoms with E-state index < -0.39 is 5.97 Å². The van der Waals surface area contributed by atoms with Crippen LogP contribution in [0.15, 0.2) is 17.4 Å². The number of unbranched alkanes of at least 4 members (excludes halogenated alkanes) is 4. The molecule has 0 saturated carbocycles. The number of aliphatic carboxylic acids is 1. The first-order valence-electron chi connectivity index (χ1n) is 4.83. The standard InChI is InChI=1S/C11H18O2/c1-3-4-5-6-7-8-9-10(2)11(12)13/h8H,3-7H2,1-2H3,(H,12,13). The van der Waals surface area contributed by atoms with Crippen molar-refractivity contribution in [2.24, 2.45) is 0 Å². The Morgan fingerprint density at radius 3 is 2.62 bits per heavy atom. The quantitative estimate of drug-likeness (QED) is 0.389. The zero-order chi connectivity index (χ0) is 10.1. The molecule has 0 bridgehead atoms. The maximum atomic E-state index is 10.3. The third kappa shape index (κ3) is 7.35. The topological polar surface area (TPSA) is 37.3 Å². The van der Waals surface area contributed by atoms with Gasteiger partial charge in [-0.25, -0.2) is 4.79 Å². The van der Waals surface area contributed by atoms with Crippen LogP contribution in [0.3, 0.4) is 0 Å². The molecule has 0 rings (SSSR count). The van der Waals surface area contributed by atoms with Crippen LogP contribution in [0.5, 0.6) is 0 Å². The molecular weight excluding hydrogens is 164 g/mol. The van der Waals surface area contributed by atoms with Crippen molar-refractivity contribution in [3.05, 3.63) is 17.4 Å². The SMILES string of the molecule is CCCCCCC=C=C(C)C(=O)O. The van der Waals surface area contributed by atoms with E-state index in [0.29, 0.717) is 0 Å². The van der Waals surface area contributed by atoms with E-state index >= 15 is 0 Å². The van der Waals surface area contributed by atoms with Gasteiger partial charge in [0.1, 0.15) is 0 Å². The summed E-state index contributed by atoms with van der Waals surface area (Å²) < 4.78 is 0. The smallest absolute Gasteiger partial charge is 0.339 e. The minimum absolute atomic E-state index is 0.287. The van der Waals surface area contributed by atoms with E-state index in [0.717, 1.165) is 12.8 Å². The summed E-state index contributed by atoms with van der Waals surface area (Å²) >= 11 is 0. The molecule has 0 unspecified atom stereocenters. The minimum atomic E-state index is -0.884. The summed E-state index contributed by atoms with van der Waals surface area (Å²) in [6, 6.07) is 0. The van der Waals surface area contributed by atoms with Gasteiger partial charge >= 0.3 is 5.97 Å². The van der Waals surface area contributed by atoms with Crippen LogP contribution in [0.25, 0.3) is 0 Å². The lowest BCUT2D eigenvalue weighted by molar-refractivity contribution is -0.132. The van der Waals surface area contributed by atoms with Gasteiger partial charge in [0, 0.05) is 0 Å². The molecule has 0 aliphatic heterocycles. The third-order valence-electron chi connectivity index (χ3n) is 1.84. The van der Waals surface area contributed by atoms with Crippen LogP contribution in [-0.2, 0) is 4.79 Å². The Hall–Kier alpha value is -1.01. The van der Waals surface area contributed by atoms with Gasteiger partial charge in [0.2, 0.25) is 0 Å². The van der Waals surface area contributed by atoms with Crippen molar-refractivity contribution >= 4 is 5.97 Å². The largest absolute Gasteiger partial charge is 0.477 e. The highest BCUT2D eigenvalue weighted by Gasteiger charge is 1.95. The molecule has 0 aliphatic rings. The Kier molecular flexibility index (Phi) is 7.04. The van der Waals surface area contributed by atoms with Crippen molar-refractivity contribution in [3.63, 3.8) is 0 Å². The summed E-state index contributed by atoms with van der Waals surface area (Å²) in [4.78, 5) is 10.3. The van der Waals surface area contributed by atoms with E-state index in [2.05, 4.69) is 12.7 Å². The Morgan fingerprint density at radius 2 is 2.08 bits per heavy atom. The summed E-state index contributed by atoms with van der Waals surface area (Å²) in [6.07, 6.45) is 7.60. The second-order valence-corrected chi connectivity index (χ2v) is 3.13. The second kappa shape index (κ2) is 7.63. The van der Waals surface area contributed by atoms with Crippen molar-refractivity contribution < 1.29 is 9.90 Å². The van der Waals surface area contributed by atoms with Gasteiger partial charge in [0.25, 0.3) is 0 Å². The summed E-state index contributed by atoms with van der Waals surface area (Å²) in [6.45, 7) is 3.73. The fourth-order valence-corrected chi connectivity index (χ4v) is 0.960. The van der Waals surface area contributed by atoms with E-state index in [1.165, 1.54) is 19.3 Å². The summed E-state index contributed by atoms with van der Waals surface area (Å²) in [5, 5.41) is 8.50. The molecule has 0 heterocycles. The maximum absolute atomic E-state index is 10.3. The van der Waals surface area contributed by atoms with Gasteiger partial charge < -0.3 is 5.11 Å². The van der Waals surface area contributed by atoms with Crippen molar-refractivity contribution in [1.29, 1.82) is 0 Å². The third-order valence-corrected chi connectivity index (χ3v) is 1.84. The van der Waals surface area contributed by atoms with Crippen molar-refractivity contribution in [3.8, 4) is 0 Å². The van der Waals surface area contributed by atoms with Crippen molar-refractivity contribution in [2.75, 3.05) is 0 Å². The summed E-state index contributed by atoms with van der Waals surface area (Å²) in [5.74, 6) is -0.884. The number of carboxylic acids is 1. The lowest BCUT2D eigenvalue weighted by Gasteiger charge is -1.92. The second-order valence-electron chi connectivity index (χ2n) is 3.13. The zero-order valence-electron chi connectivity index (χ0n) is 8.47. The Bertz CT molecular complexity index is 210. The Morgan fingerprint density at radius 1 is 1.38 bits per heavy atom. The van der Waals surface area contributed by atoms with Crippen LogP contribution in [0.2, 0.25) is 0 Å². The molecule has 74 valence electrons. The highest BCUT2D eigenvalue weighted by atomic mass is 16.4. The van der Waals surface area contributed by atoms with Gasteiger partial charge in [-0.15, -0.1) is 5.73 Å². The first-order valence-corrected chi connectivity index (χ1v) is 4.83. The molecule has 1 N–H and O–H groups in total. The van der Waals surface area contributed by atoms with Gasteiger partial charge in [0.05, 0.1) is 5.57 Å². The van der Waals surface area contributed by atoms with E-state index in [1.54, 1.807) is 6.92 Å². The maximum Gasteiger partial charge on any atom is 0.339 e. The summed E-state index contributed by atoms with van der Waals surface area (Å²) in [5.41, 5.74) is 3.04. The Labute approximate surface area is 80.0 Å². The molecule has 0 atom stereocenters. The summed E-state index contributed by atoms with van der Waals surface area (Å²) in [7, 11) is 0. The van der Waals surface area contributed by atoms with E-state index in [-0.39, 0.29) is 5.57 Å². The number of carbonyl (C=O) groups is 1. The molecule has 0 aliphatic carbocycles. The van der Waals surface area contributed by atoms with E-state index in [9.17, 15) is 4.79 Å².